The van der Waals surface area contributed by atoms with E-state index in [1.807, 2.05) is 13.0 Å². The first kappa shape index (κ1) is 21.0. The molecule has 0 bridgehead atoms. The summed E-state index contributed by atoms with van der Waals surface area (Å²) in [5, 5.41) is 2.53. The Morgan fingerprint density at radius 3 is 2.00 bits per heavy atom. The van der Waals surface area contributed by atoms with Crippen LogP contribution in [0.4, 0.5) is 0 Å². The van der Waals surface area contributed by atoms with Crippen LogP contribution in [-0.4, -0.2) is 33.4 Å². The summed E-state index contributed by atoms with van der Waals surface area (Å²) in [6, 6.07) is 21.4. The Balaban J connectivity index is 1.98. The van der Waals surface area contributed by atoms with Gasteiger partial charge >= 0.3 is 0 Å². The zero-order chi connectivity index (χ0) is 20.2. The van der Waals surface area contributed by atoms with Gasteiger partial charge in [0.15, 0.2) is 6.29 Å². The van der Waals surface area contributed by atoms with Crippen molar-refractivity contribution in [3.8, 4) is 0 Å². The van der Waals surface area contributed by atoms with Gasteiger partial charge < -0.3 is 13.9 Å². The maximum Gasteiger partial charge on any atom is 0.261 e. The van der Waals surface area contributed by atoms with E-state index < -0.39 is 8.32 Å². The molecule has 28 heavy (non-hydrogen) atoms. The van der Waals surface area contributed by atoms with Gasteiger partial charge in [-0.15, -0.1) is 6.58 Å². The van der Waals surface area contributed by atoms with Gasteiger partial charge in [-0.25, -0.2) is 0 Å². The van der Waals surface area contributed by atoms with Crippen LogP contribution in [0.15, 0.2) is 73.3 Å². The second-order valence-corrected chi connectivity index (χ2v) is 12.8. The van der Waals surface area contributed by atoms with Crippen molar-refractivity contribution in [2.24, 2.45) is 0 Å². The van der Waals surface area contributed by atoms with E-state index in [1.165, 1.54) is 10.4 Å². The van der Waals surface area contributed by atoms with E-state index in [9.17, 15) is 0 Å². The first-order chi connectivity index (χ1) is 13.4. The van der Waals surface area contributed by atoms with E-state index in [0.29, 0.717) is 6.61 Å². The lowest BCUT2D eigenvalue weighted by Crippen LogP contribution is -2.67. The normalized spacial score (nSPS) is 23.4. The minimum Gasteiger partial charge on any atom is -0.405 e. The van der Waals surface area contributed by atoms with Crippen molar-refractivity contribution >= 4 is 18.7 Å². The lowest BCUT2D eigenvalue weighted by molar-refractivity contribution is -0.227. The third-order valence-electron chi connectivity index (χ3n) is 5.41. The van der Waals surface area contributed by atoms with Gasteiger partial charge in [-0.1, -0.05) is 87.5 Å². The summed E-state index contributed by atoms with van der Waals surface area (Å²) in [7, 11) is -2.53. The zero-order valence-electron chi connectivity index (χ0n) is 17.4. The minimum absolute atomic E-state index is 0.00611. The SMILES string of the molecule is C=C[C@@H]1C[C@H](CO[Si](c2ccccc2)(c2ccccc2)C(C)(C)C)O[C@H](C)O1. The molecule has 0 amide bonds. The highest BCUT2D eigenvalue weighted by Gasteiger charge is 2.50. The Morgan fingerprint density at radius 1 is 1.00 bits per heavy atom. The maximum atomic E-state index is 6.97. The van der Waals surface area contributed by atoms with Crippen molar-refractivity contribution in [1.82, 2.24) is 0 Å². The van der Waals surface area contributed by atoms with E-state index in [4.69, 9.17) is 13.9 Å². The molecule has 0 aliphatic carbocycles. The Hall–Kier alpha value is -1.72. The molecule has 3 rings (SSSR count). The van der Waals surface area contributed by atoms with Crippen molar-refractivity contribution in [3.63, 3.8) is 0 Å². The molecule has 1 aliphatic heterocycles. The number of rotatable bonds is 6. The van der Waals surface area contributed by atoms with Crippen LogP contribution in [0.5, 0.6) is 0 Å². The van der Waals surface area contributed by atoms with Crippen molar-refractivity contribution in [2.75, 3.05) is 6.61 Å². The first-order valence-corrected chi connectivity index (χ1v) is 12.0. The molecule has 0 aromatic heterocycles. The third kappa shape index (κ3) is 4.30. The third-order valence-corrected chi connectivity index (χ3v) is 10.4. The van der Waals surface area contributed by atoms with E-state index in [1.54, 1.807) is 0 Å². The molecule has 150 valence electrons. The molecule has 2 aromatic carbocycles. The quantitative estimate of drug-likeness (QED) is 0.539. The Bertz CT molecular complexity index is 715. The standard InChI is InChI=1S/C24H32O3Si/c1-6-20-17-21(27-19(2)26-20)18-25-28(24(3,4)5,22-13-9-7-10-14-22)23-15-11-8-12-16-23/h6-16,19-21H,1,17-18H2,2-5H3/t19-,20-,21-/m1/s1. The fourth-order valence-electron chi connectivity index (χ4n) is 4.16. The van der Waals surface area contributed by atoms with Gasteiger partial charge in [0.2, 0.25) is 0 Å². The monoisotopic (exact) mass is 396 g/mol. The van der Waals surface area contributed by atoms with E-state index in [0.717, 1.165) is 6.42 Å². The average Bonchev–Trinajstić information content (AvgIpc) is 2.68. The molecule has 3 nitrogen and oxygen atoms in total. The molecule has 1 aliphatic rings. The van der Waals surface area contributed by atoms with Gasteiger partial charge in [-0.2, -0.15) is 0 Å². The van der Waals surface area contributed by atoms with Gasteiger partial charge in [0, 0.05) is 6.42 Å². The molecule has 0 radical (unpaired) electrons. The van der Waals surface area contributed by atoms with Crippen LogP contribution in [0, 0.1) is 0 Å². The fourth-order valence-corrected chi connectivity index (χ4v) is 8.75. The summed E-state index contributed by atoms with van der Waals surface area (Å²) in [6.07, 6.45) is 2.38. The lowest BCUT2D eigenvalue weighted by Gasteiger charge is -2.44. The molecule has 1 saturated heterocycles. The topological polar surface area (TPSA) is 27.7 Å². The van der Waals surface area contributed by atoms with Crippen molar-refractivity contribution in [1.29, 1.82) is 0 Å². The Morgan fingerprint density at radius 2 is 1.54 bits per heavy atom. The van der Waals surface area contributed by atoms with Crippen LogP contribution in [0.25, 0.3) is 0 Å². The second kappa shape index (κ2) is 8.74. The molecule has 3 atom stereocenters. The molecule has 4 heteroatoms. The highest BCUT2D eigenvalue weighted by atomic mass is 28.4. The second-order valence-electron chi connectivity index (χ2n) is 8.45. The van der Waals surface area contributed by atoms with Gasteiger partial charge in [-0.3, -0.25) is 0 Å². The van der Waals surface area contributed by atoms with Crippen molar-refractivity contribution < 1.29 is 13.9 Å². The molecule has 0 N–H and O–H groups in total. The molecule has 0 unspecified atom stereocenters. The first-order valence-electron chi connectivity index (χ1n) is 10.1. The Kier molecular flexibility index (Phi) is 6.56. The van der Waals surface area contributed by atoms with Crippen molar-refractivity contribution in [3.05, 3.63) is 73.3 Å². The number of hydrogen-bond acceptors (Lipinski definition) is 3. The number of benzene rings is 2. The predicted octanol–water partition coefficient (Wildman–Crippen LogP) is 4.27. The van der Waals surface area contributed by atoms with Crippen LogP contribution in [0.2, 0.25) is 5.04 Å². The average molecular weight is 397 g/mol. The summed E-state index contributed by atoms with van der Waals surface area (Å²) in [5.74, 6) is 0. The Labute approximate surface area is 170 Å². The van der Waals surface area contributed by atoms with E-state index in [-0.39, 0.29) is 23.5 Å². The lowest BCUT2D eigenvalue weighted by atomic mass is 10.1. The fraction of sp³-hybridized carbons (Fsp3) is 0.417. The smallest absolute Gasteiger partial charge is 0.261 e. The molecule has 2 aromatic rings. The molecular formula is C24H32O3Si. The van der Waals surface area contributed by atoms with Crippen LogP contribution in [0.3, 0.4) is 0 Å². The molecule has 0 saturated carbocycles. The summed E-state index contributed by atoms with van der Waals surface area (Å²) in [6.45, 7) is 13.2. The van der Waals surface area contributed by atoms with E-state index >= 15 is 0 Å². The van der Waals surface area contributed by atoms with Gasteiger partial charge in [0.1, 0.15) is 0 Å². The van der Waals surface area contributed by atoms with Gasteiger partial charge in [0.25, 0.3) is 8.32 Å². The van der Waals surface area contributed by atoms with Crippen LogP contribution >= 0.6 is 0 Å². The largest absolute Gasteiger partial charge is 0.405 e. The van der Waals surface area contributed by atoms with Gasteiger partial charge in [0.05, 0.1) is 18.8 Å². The molecule has 1 fully saturated rings. The van der Waals surface area contributed by atoms with Gasteiger partial charge in [-0.05, 0) is 22.3 Å². The summed E-state index contributed by atoms with van der Waals surface area (Å²) in [4.78, 5) is 0. The molecule has 0 spiro atoms. The molecule has 1 heterocycles. The maximum absolute atomic E-state index is 6.97. The van der Waals surface area contributed by atoms with Crippen molar-refractivity contribution in [2.45, 2.75) is 57.7 Å². The highest BCUT2D eigenvalue weighted by Crippen LogP contribution is 2.37. The number of hydrogen-bond donors (Lipinski definition) is 0. The van der Waals surface area contributed by atoms with Crippen LogP contribution < -0.4 is 10.4 Å². The summed E-state index contributed by atoms with van der Waals surface area (Å²) >= 11 is 0. The molecular weight excluding hydrogens is 364 g/mol. The summed E-state index contributed by atoms with van der Waals surface area (Å²) in [5.41, 5.74) is 0. The minimum atomic E-state index is -2.53. The summed E-state index contributed by atoms with van der Waals surface area (Å²) < 4.78 is 18.7. The van der Waals surface area contributed by atoms with Crippen LogP contribution in [0.1, 0.15) is 34.1 Å². The predicted molar refractivity (Wildman–Crippen MR) is 118 cm³/mol. The number of ether oxygens (including phenoxy) is 2. The zero-order valence-corrected chi connectivity index (χ0v) is 18.4. The highest BCUT2D eigenvalue weighted by molar-refractivity contribution is 6.99. The van der Waals surface area contributed by atoms with Crippen LogP contribution in [-0.2, 0) is 13.9 Å². The van der Waals surface area contributed by atoms with E-state index in [2.05, 4.69) is 88.0 Å².